The molecule has 22 heavy (non-hydrogen) atoms. The number of rotatable bonds is 6. The van der Waals surface area contributed by atoms with Crippen LogP contribution in [-0.2, 0) is 0 Å². The molecule has 4 nitrogen and oxygen atoms in total. The van der Waals surface area contributed by atoms with Crippen LogP contribution in [-0.4, -0.2) is 16.5 Å². The van der Waals surface area contributed by atoms with E-state index in [1.165, 1.54) is 35.5 Å². The molecule has 0 spiro atoms. The van der Waals surface area contributed by atoms with Gasteiger partial charge in [0.1, 0.15) is 0 Å². The Morgan fingerprint density at radius 3 is 2.45 bits per heavy atom. The number of nitrogens with zero attached hydrogens (tertiary/aromatic N) is 1. The number of nitro groups is 1. The molecule has 0 heterocycles. The van der Waals surface area contributed by atoms with Crippen molar-refractivity contribution in [3.63, 3.8) is 0 Å². The Morgan fingerprint density at radius 1 is 1.18 bits per heavy atom. The minimum absolute atomic E-state index is 0.0582. The van der Waals surface area contributed by atoms with Crippen molar-refractivity contribution in [2.75, 3.05) is 5.75 Å². The monoisotopic (exact) mass is 315 g/mol. The third-order valence-electron chi connectivity index (χ3n) is 3.30. The Kier molecular flexibility index (Phi) is 5.33. The first-order valence-electron chi connectivity index (χ1n) is 6.98. The molecule has 0 bridgehead atoms. The highest BCUT2D eigenvalue weighted by Gasteiger charge is 2.12. The standard InChI is InChI=1S/C17H17NO3S/c1-12(2)13-6-8-16(9-7-13)22-11-17(19)14-4-3-5-15(10-14)18(20)21/h3-10,12H,11H2,1-2H3. The fourth-order valence-electron chi connectivity index (χ4n) is 1.97. The average Bonchev–Trinajstić information content (AvgIpc) is 2.53. The van der Waals surface area contributed by atoms with Crippen LogP contribution in [0.3, 0.4) is 0 Å². The molecule has 0 N–H and O–H groups in total. The molecular formula is C17H17NO3S. The van der Waals surface area contributed by atoms with E-state index in [9.17, 15) is 14.9 Å². The quantitative estimate of drug-likeness (QED) is 0.336. The van der Waals surface area contributed by atoms with E-state index in [-0.39, 0.29) is 17.2 Å². The summed E-state index contributed by atoms with van der Waals surface area (Å²) >= 11 is 1.44. The smallest absolute Gasteiger partial charge is 0.270 e. The van der Waals surface area contributed by atoms with Crippen molar-refractivity contribution in [2.24, 2.45) is 0 Å². The molecule has 0 radical (unpaired) electrons. The fourth-order valence-corrected chi connectivity index (χ4v) is 2.77. The maximum absolute atomic E-state index is 12.1. The summed E-state index contributed by atoms with van der Waals surface area (Å²) in [6.45, 7) is 4.27. The number of carbonyl (C=O) groups excluding carboxylic acids is 1. The molecule has 2 rings (SSSR count). The van der Waals surface area contributed by atoms with E-state index in [0.29, 0.717) is 11.5 Å². The summed E-state index contributed by atoms with van der Waals surface area (Å²) in [7, 11) is 0. The van der Waals surface area contributed by atoms with Gasteiger partial charge in [0.2, 0.25) is 0 Å². The third-order valence-corrected chi connectivity index (χ3v) is 4.31. The number of thioether (sulfide) groups is 1. The zero-order chi connectivity index (χ0) is 16.1. The number of carbonyl (C=O) groups is 1. The van der Waals surface area contributed by atoms with Crippen LogP contribution < -0.4 is 0 Å². The Balaban J connectivity index is 2.00. The predicted molar refractivity (Wildman–Crippen MR) is 88.7 cm³/mol. The zero-order valence-electron chi connectivity index (χ0n) is 12.5. The van der Waals surface area contributed by atoms with Crippen LogP contribution in [0.2, 0.25) is 0 Å². The van der Waals surface area contributed by atoms with Gasteiger partial charge < -0.3 is 0 Å². The van der Waals surface area contributed by atoms with Crippen molar-refractivity contribution in [2.45, 2.75) is 24.7 Å². The maximum Gasteiger partial charge on any atom is 0.270 e. The molecule has 0 aromatic heterocycles. The van der Waals surface area contributed by atoms with Crippen molar-refractivity contribution in [3.8, 4) is 0 Å². The molecular weight excluding hydrogens is 298 g/mol. The maximum atomic E-state index is 12.1. The minimum atomic E-state index is -0.492. The molecule has 2 aromatic rings. The van der Waals surface area contributed by atoms with Gasteiger partial charge in [-0.2, -0.15) is 0 Å². The van der Waals surface area contributed by atoms with Crippen LogP contribution in [0.4, 0.5) is 5.69 Å². The van der Waals surface area contributed by atoms with Crippen molar-refractivity contribution in [1.29, 1.82) is 0 Å². The van der Waals surface area contributed by atoms with E-state index >= 15 is 0 Å². The van der Waals surface area contributed by atoms with Gasteiger partial charge in [0.05, 0.1) is 10.7 Å². The first kappa shape index (κ1) is 16.2. The van der Waals surface area contributed by atoms with E-state index in [1.54, 1.807) is 6.07 Å². The Labute approximate surface area is 133 Å². The zero-order valence-corrected chi connectivity index (χ0v) is 13.3. The van der Waals surface area contributed by atoms with Gasteiger partial charge in [-0.3, -0.25) is 14.9 Å². The first-order chi connectivity index (χ1) is 10.5. The first-order valence-corrected chi connectivity index (χ1v) is 7.96. The second-order valence-electron chi connectivity index (χ2n) is 5.24. The molecule has 0 aliphatic rings. The summed E-state index contributed by atoms with van der Waals surface area (Å²) in [5.41, 5.74) is 1.58. The van der Waals surface area contributed by atoms with Gasteiger partial charge in [-0.25, -0.2) is 0 Å². The predicted octanol–water partition coefficient (Wildman–Crippen LogP) is 4.69. The topological polar surface area (TPSA) is 60.2 Å². The van der Waals surface area contributed by atoms with Crippen molar-refractivity contribution in [3.05, 3.63) is 69.8 Å². The molecule has 0 fully saturated rings. The lowest BCUT2D eigenvalue weighted by atomic mass is 10.0. The number of ketones is 1. The van der Waals surface area contributed by atoms with Crippen molar-refractivity contribution < 1.29 is 9.72 Å². The van der Waals surface area contributed by atoms with E-state index in [2.05, 4.69) is 26.0 Å². The van der Waals surface area contributed by atoms with Gasteiger partial charge in [0.15, 0.2) is 5.78 Å². The molecule has 0 saturated heterocycles. The highest BCUT2D eigenvalue weighted by molar-refractivity contribution is 8.00. The summed E-state index contributed by atoms with van der Waals surface area (Å²) in [5.74, 6) is 0.634. The van der Waals surface area contributed by atoms with Gasteiger partial charge in [0.25, 0.3) is 5.69 Å². The second-order valence-corrected chi connectivity index (χ2v) is 6.29. The van der Waals surface area contributed by atoms with Gasteiger partial charge in [-0.15, -0.1) is 11.8 Å². The number of non-ortho nitro benzene ring substituents is 1. The molecule has 2 aromatic carbocycles. The van der Waals surface area contributed by atoms with Gasteiger partial charge in [0, 0.05) is 22.6 Å². The second kappa shape index (κ2) is 7.22. The van der Waals surface area contributed by atoms with E-state index in [1.807, 2.05) is 12.1 Å². The summed E-state index contributed by atoms with van der Waals surface area (Å²) in [6, 6.07) is 14.0. The van der Waals surface area contributed by atoms with Crippen LogP contribution in [0.5, 0.6) is 0 Å². The van der Waals surface area contributed by atoms with Crippen LogP contribution in [0.25, 0.3) is 0 Å². The normalized spacial score (nSPS) is 10.7. The third kappa shape index (κ3) is 4.18. The number of benzene rings is 2. The lowest BCUT2D eigenvalue weighted by Crippen LogP contribution is -2.03. The lowest BCUT2D eigenvalue weighted by Gasteiger charge is -2.06. The summed E-state index contributed by atoms with van der Waals surface area (Å²) in [4.78, 5) is 23.4. The average molecular weight is 315 g/mol. The Bertz CT molecular complexity index is 681. The van der Waals surface area contributed by atoms with E-state index in [0.717, 1.165) is 4.90 Å². The number of nitro benzene ring substituents is 1. The number of Topliss-reactive ketones (excluding diaryl/α,β-unsaturated/α-hetero) is 1. The molecule has 5 heteroatoms. The van der Waals surface area contributed by atoms with Crippen molar-refractivity contribution >= 4 is 23.2 Å². The Hall–Kier alpha value is -2.14. The Morgan fingerprint density at radius 2 is 1.86 bits per heavy atom. The van der Waals surface area contributed by atoms with Gasteiger partial charge >= 0.3 is 0 Å². The van der Waals surface area contributed by atoms with Crippen LogP contribution in [0.15, 0.2) is 53.4 Å². The van der Waals surface area contributed by atoms with Gasteiger partial charge in [-0.1, -0.05) is 38.1 Å². The van der Waals surface area contributed by atoms with Crippen LogP contribution in [0, 0.1) is 10.1 Å². The number of hydrogen-bond donors (Lipinski definition) is 0. The van der Waals surface area contributed by atoms with Crippen LogP contribution >= 0.6 is 11.8 Å². The van der Waals surface area contributed by atoms with Crippen molar-refractivity contribution in [1.82, 2.24) is 0 Å². The summed E-state index contributed by atoms with van der Waals surface area (Å²) in [5, 5.41) is 10.7. The summed E-state index contributed by atoms with van der Waals surface area (Å²) < 4.78 is 0. The van der Waals surface area contributed by atoms with Gasteiger partial charge in [-0.05, 0) is 23.6 Å². The molecule has 0 aliphatic heterocycles. The van der Waals surface area contributed by atoms with E-state index in [4.69, 9.17) is 0 Å². The molecule has 0 amide bonds. The highest BCUT2D eigenvalue weighted by Crippen LogP contribution is 2.23. The number of hydrogen-bond acceptors (Lipinski definition) is 4. The minimum Gasteiger partial charge on any atom is -0.293 e. The molecule has 0 aliphatic carbocycles. The largest absolute Gasteiger partial charge is 0.293 e. The van der Waals surface area contributed by atoms with Crippen LogP contribution in [0.1, 0.15) is 35.7 Å². The SMILES string of the molecule is CC(C)c1ccc(SCC(=O)c2cccc([N+](=O)[O-])c2)cc1. The van der Waals surface area contributed by atoms with E-state index < -0.39 is 4.92 Å². The molecule has 114 valence electrons. The summed E-state index contributed by atoms with van der Waals surface area (Å²) in [6.07, 6.45) is 0. The molecule has 0 atom stereocenters. The highest BCUT2D eigenvalue weighted by atomic mass is 32.2. The molecule has 0 unspecified atom stereocenters. The molecule has 0 saturated carbocycles. The lowest BCUT2D eigenvalue weighted by molar-refractivity contribution is -0.384. The fraction of sp³-hybridized carbons (Fsp3) is 0.235.